The molecule has 0 bridgehead atoms. The van der Waals surface area contributed by atoms with E-state index in [9.17, 15) is 0 Å². The van der Waals surface area contributed by atoms with E-state index in [1.54, 1.807) is 0 Å². The molecule has 28 heavy (non-hydrogen) atoms. The number of aliphatic imine (C=N–C) groups is 1. The fraction of sp³-hybridized carbons (Fsp3) is 0.696. The van der Waals surface area contributed by atoms with Crippen molar-refractivity contribution in [2.24, 2.45) is 16.8 Å². The Morgan fingerprint density at radius 3 is 2.68 bits per heavy atom. The fourth-order valence-electron chi connectivity index (χ4n) is 4.18. The third kappa shape index (κ3) is 6.49. The van der Waals surface area contributed by atoms with Gasteiger partial charge in [-0.15, -0.1) is 0 Å². The topological polar surface area (TPSA) is 48.9 Å². The zero-order valence-electron chi connectivity index (χ0n) is 17.7. The first kappa shape index (κ1) is 21.1. The average Bonchev–Trinajstić information content (AvgIpc) is 3.20. The molecule has 2 saturated heterocycles. The predicted molar refractivity (Wildman–Crippen MR) is 117 cm³/mol. The maximum atomic E-state index is 6.00. The van der Waals surface area contributed by atoms with Crippen molar-refractivity contribution < 1.29 is 4.74 Å². The standard InChI is InChI=1S/C23H38N4O/c1-3-24-23(25-13-7-14-27-15-10-19(2)11-16-27)26-18-21-12-17-28-22(21)20-8-5-4-6-9-20/h4-6,8-9,19,21-22H,3,7,10-18H2,1-2H3,(H2,24,25,26). The van der Waals surface area contributed by atoms with E-state index in [1.165, 1.54) is 38.0 Å². The second-order valence-corrected chi connectivity index (χ2v) is 8.27. The molecule has 0 radical (unpaired) electrons. The number of nitrogens with one attached hydrogen (secondary N) is 2. The van der Waals surface area contributed by atoms with Crippen LogP contribution in [0, 0.1) is 11.8 Å². The van der Waals surface area contributed by atoms with Crippen LogP contribution in [0.1, 0.15) is 51.2 Å². The number of rotatable bonds is 8. The number of hydrogen-bond acceptors (Lipinski definition) is 3. The zero-order valence-corrected chi connectivity index (χ0v) is 17.7. The molecule has 0 aromatic heterocycles. The molecule has 1 aromatic carbocycles. The molecule has 0 saturated carbocycles. The number of benzene rings is 1. The second-order valence-electron chi connectivity index (χ2n) is 8.27. The van der Waals surface area contributed by atoms with E-state index in [-0.39, 0.29) is 6.10 Å². The number of piperidine rings is 1. The van der Waals surface area contributed by atoms with Crippen molar-refractivity contribution in [3.63, 3.8) is 0 Å². The van der Waals surface area contributed by atoms with Gasteiger partial charge in [-0.25, -0.2) is 0 Å². The van der Waals surface area contributed by atoms with Crippen LogP contribution in [0.2, 0.25) is 0 Å². The Kier molecular flexibility index (Phi) is 8.62. The van der Waals surface area contributed by atoms with Gasteiger partial charge in [0.25, 0.3) is 0 Å². The van der Waals surface area contributed by atoms with Crippen LogP contribution < -0.4 is 10.6 Å². The molecule has 2 N–H and O–H groups in total. The van der Waals surface area contributed by atoms with Crippen molar-refractivity contribution in [1.29, 1.82) is 0 Å². The Hall–Kier alpha value is -1.59. The molecule has 2 unspecified atom stereocenters. The number of likely N-dealkylation sites (tertiary alicyclic amines) is 1. The molecule has 0 spiro atoms. The molecule has 2 fully saturated rings. The summed E-state index contributed by atoms with van der Waals surface area (Å²) in [6.45, 7) is 11.7. The molecule has 2 heterocycles. The van der Waals surface area contributed by atoms with Crippen LogP contribution >= 0.6 is 0 Å². The molecule has 1 aromatic rings. The van der Waals surface area contributed by atoms with Crippen molar-refractivity contribution in [1.82, 2.24) is 15.5 Å². The summed E-state index contributed by atoms with van der Waals surface area (Å²) in [7, 11) is 0. The van der Waals surface area contributed by atoms with Crippen LogP contribution in [-0.4, -0.2) is 56.7 Å². The van der Waals surface area contributed by atoms with Gasteiger partial charge in [0, 0.05) is 32.2 Å². The van der Waals surface area contributed by atoms with E-state index in [4.69, 9.17) is 9.73 Å². The van der Waals surface area contributed by atoms with Gasteiger partial charge in [-0.3, -0.25) is 4.99 Å². The molecule has 5 nitrogen and oxygen atoms in total. The Labute approximate surface area is 170 Å². The molecular formula is C23H38N4O. The number of guanidine groups is 1. The maximum absolute atomic E-state index is 6.00. The lowest BCUT2D eigenvalue weighted by Crippen LogP contribution is -2.40. The highest BCUT2D eigenvalue weighted by Crippen LogP contribution is 2.34. The van der Waals surface area contributed by atoms with Gasteiger partial charge < -0.3 is 20.3 Å². The zero-order chi connectivity index (χ0) is 19.6. The van der Waals surface area contributed by atoms with Gasteiger partial charge in [0.05, 0.1) is 6.10 Å². The Morgan fingerprint density at radius 1 is 1.14 bits per heavy atom. The summed E-state index contributed by atoms with van der Waals surface area (Å²) < 4.78 is 6.00. The molecule has 0 amide bonds. The van der Waals surface area contributed by atoms with Gasteiger partial charge in [-0.05, 0) is 63.7 Å². The summed E-state index contributed by atoms with van der Waals surface area (Å²) in [4.78, 5) is 7.47. The molecule has 2 aliphatic rings. The first-order valence-corrected chi connectivity index (χ1v) is 11.2. The normalized spacial score (nSPS) is 24.4. The number of hydrogen-bond donors (Lipinski definition) is 2. The minimum Gasteiger partial charge on any atom is -0.373 e. The lowest BCUT2D eigenvalue weighted by Gasteiger charge is -2.30. The minimum atomic E-state index is 0.175. The van der Waals surface area contributed by atoms with Crippen LogP contribution in [0.25, 0.3) is 0 Å². The Balaban J connectivity index is 1.43. The Morgan fingerprint density at radius 2 is 1.93 bits per heavy atom. The third-order valence-corrected chi connectivity index (χ3v) is 5.99. The largest absolute Gasteiger partial charge is 0.373 e. The Bertz CT molecular complexity index is 584. The molecule has 2 aliphatic heterocycles. The smallest absolute Gasteiger partial charge is 0.191 e. The second kappa shape index (κ2) is 11.4. The number of ether oxygens (including phenoxy) is 1. The first-order chi connectivity index (χ1) is 13.8. The van der Waals surface area contributed by atoms with Crippen LogP contribution in [-0.2, 0) is 4.74 Å². The van der Waals surface area contributed by atoms with E-state index in [1.807, 2.05) is 0 Å². The maximum Gasteiger partial charge on any atom is 0.191 e. The van der Waals surface area contributed by atoms with Gasteiger partial charge in [0.2, 0.25) is 0 Å². The third-order valence-electron chi connectivity index (χ3n) is 5.99. The number of nitrogens with zero attached hydrogens (tertiary/aromatic N) is 2. The predicted octanol–water partition coefficient (Wildman–Crippen LogP) is 3.44. The molecule has 156 valence electrons. The summed E-state index contributed by atoms with van der Waals surface area (Å²) >= 11 is 0. The van der Waals surface area contributed by atoms with Crippen molar-refractivity contribution >= 4 is 5.96 Å². The summed E-state index contributed by atoms with van der Waals surface area (Å²) in [5.74, 6) is 2.29. The van der Waals surface area contributed by atoms with Gasteiger partial charge >= 0.3 is 0 Å². The summed E-state index contributed by atoms with van der Waals surface area (Å²) in [6.07, 6.45) is 5.12. The first-order valence-electron chi connectivity index (χ1n) is 11.2. The van der Waals surface area contributed by atoms with Crippen molar-refractivity contribution in [3.05, 3.63) is 35.9 Å². The van der Waals surface area contributed by atoms with Crippen LogP contribution in [0.15, 0.2) is 35.3 Å². The molecule has 3 rings (SSSR count). The summed E-state index contributed by atoms with van der Waals surface area (Å²) in [5, 5.41) is 6.91. The van der Waals surface area contributed by atoms with Crippen LogP contribution in [0.4, 0.5) is 0 Å². The van der Waals surface area contributed by atoms with Gasteiger partial charge in [0.15, 0.2) is 5.96 Å². The lowest BCUT2D eigenvalue weighted by atomic mass is 9.95. The SMILES string of the molecule is CCNC(=NCC1CCOC1c1ccccc1)NCCCN1CCC(C)CC1. The van der Waals surface area contributed by atoms with Gasteiger partial charge in [-0.1, -0.05) is 37.3 Å². The monoisotopic (exact) mass is 386 g/mol. The van der Waals surface area contributed by atoms with Crippen molar-refractivity contribution in [2.45, 2.75) is 45.6 Å². The van der Waals surface area contributed by atoms with E-state index < -0.39 is 0 Å². The molecular weight excluding hydrogens is 348 g/mol. The average molecular weight is 387 g/mol. The molecule has 5 heteroatoms. The van der Waals surface area contributed by atoms with Crippen LogP contribution in [0.5, 0.6) is 0 Å². The quantitative estimate of drug-likeness (QED) is 0.408. The van der Waals surface area contributed by atoms with E-state index in [0.717, 1.165) is 51.0 Å². The van der Waals surface area contributed by atoms with Crippen molar-refractivity contribution in [3.8, 4) is 0 Å². The highest BCUT2D eigenvalue weighted by Gasteiger charge is 2.29. The minimum absolute atomic E-state index is 0.175. The summed E-state index contributed by atoms with van der Waals surface area (Å²) in [6, 6.07) is 10.6. The van der Waals surface area contributed by atoms with E-state index >= 15 is 0 Å². The highest BCUT2D eigenvalue weighted by molar-refractivity contribution is 5.79. The van der Waals surface area contributed by atoms with Crippen molar-refractivity contribution in [2.75, 3.05) is 45.9 Å². The molecule has 0 aliphatic carbocycles. The van der Waals surface area contributed by atoms with Gasteiger partial charge in [-0.2, -0.15) is 0 Å². The van der Waals surface area contributed by atoms with Crippen LogP contribution in [0.3, 0.4) is 0 Å². The fourth-order valence-corrected chi connectivity index (χ4v) is 4.18. The lowest BCUT2D eigenvalue weighted by molar-refractivity contribution is 0.0925. The van der Waals surface area contributed by atoms with E-state index in [0.29, 0.717) is 5.92 Å². The highest BCUT2D eigenvalue weighted by atomic mass is 16.5. The van der Waals surface area contributed by atoms with E-state index in [2.05, 4.69) is 59.7 Å². The molecule has 2 atom stereocenters. The summed E-state index contributed by atoms with van der Waals surface area (Å²) in [5.41, 5.74) is 1.27. The van der Waals surface area contributed by atoms with Gasteiger partial charge in [0.1, 0.15) is 0 Å².